The van der Waals surface area contributed by atoms with E-state index in [9.17, 15) is 4.79 Å². The predicted molar refractivity (Wildman–Crippen MR) is 61.9 cm³/mol. The van der Waals surface area contributed by atoms with Crippen molar-refractivity contribution in [2.24, 2.45) is 0 Å². The highest BCUT2D eigenvalue weighted by Crippen LogP contribution is 2.31. The van der Waals surface area contributed by atoms with Crippen molar-refractivity contribution in [1.82, 2.24) is 10.2 Å². The summed E-state index contributed by atoms with van der Waals surface area (Å²) in [6.45, 7) is 1.89. The molecule has 0 spiro atoms. The lowest BCUT2D eigenvalue weighted by molar-refractivity contribution is -0.129. The maximum absolute atomic E-state index is 12.1. The number of rotatable bonds is 2. The molecule has 0 aliphatic carbocycles. The first-order valence-corrected chi connectivity index (χ1v) is 5.96. The summed E-state index contributed by atoms with van der Waals surface area (Å²) in [5.41, 5.74) is 1.22. The fourth-order valence-electron chi connectivity index (χ4n) is 2.44. The van der Waals surface area contributed by atoms with E-state index in [4.69, 9.17) is 0 Å². The van der Waals surface area contributed by atoms with Gasteiger partial charge in [-0.1, -0.05) is 30.3 Å². The fraction of sp³-hybridized carbons (Fsp3) is 0.462. The minimum absolute atomic E-state index is 0.0282. The monoisotopic (exact) mass is 216 g/mol. The van der Waals surface area contributed by atoms with E-state index in [-0.39, 0.29) is 18.0 Å². The third-order valence-corrected chi connectivity index (χ3v) is 3.43. The van der Waals surface area contributed by atoms with Crippen molar-refractivity contribution in [2.45, 2.75) is 24.9 Å². The SMILES string of the molecule is O=C([C@@H]1N[C@@H]1c1ccccc1)N1CCCC1. The van der Waals surface area contributed by atoms with Crippen LogP contribution in [-0.2, 0) is 4.79 Å². The number of benzene rings is 1. The van der Waals surface area contributed by atoms with Crippen LogP contribution >= 0.6 is 0 Å². The summed E-state index contributed by atoms with van der Waals surface area (Å²) >= 11 is 0. The summed E-state index contributed by atoms with van der Waals surface area (Å²) in [7, 11) is 0. The van der Waals surface area contributed by atoms with Gasteiger partial charge in [0.2, 0.25) is 5.91 Å². The third-order valence-electron chi connectivity index (χ3n) is 3.43. The average molecular weight is 216 g/mol. The number of nitrogens with zero attached hydrogens (tertiary/aromatic N) is 1. The van der Waals surface area contributed by atoms with Crippen molar-refractivity contribution in [2.75, 3.05) is 13.1 Å². The summed E-state index contributed by atoms with van der Waals surface area (Å²) in [4.78, 5) is 14.0. The van der Waals surface area contributed by atoms with Gasteiger partial charge in [0.15, 0.2) is 0 Å². The maximum atomic E-state index is 12.1. The quantitative estimate of drug-likeness (QED) is 0.758. The Labute approximate surface area is 95.4 Å². The molecule has 0 unspecified atom stereocenters. The topological polar surface area (TPSA) is 42.3 Å². The van der Waals surface area contributed by atoms with E-state index in [0.717, 1.165) is 25.9 Å². The zero-order valence-electron chi connectivity index (χ0n) is 9.23. The summed E-state index contributed by atoms with van der Waals surface area (Å²) in [5, 5.41) is 3.27. The lowest BCUT2D eigenvalue weighted by atomic mass is 10.1. The lowest BCUT2D eigenvalue weighted by Gasteiger charge is -2.13. The van der Waals surface area contributed by atoms with Gasteiger partial charge in [-0.05, 0) is 18.4 Å². The molecule has 3 nitrogen and oxygen atoms in total. The summed E-state index contributed by atoms with van der Waals surface area (Å²) < 4.78 is 0. The normalized spacial score (nSPS) is 28.1. The summed E-state index contributed by atoms with van der Waals surface area (Å²) in [6, 6.07) is 10.5. The number of nitrogens with one attached hydrogen (secondary N) is 1. The molecule has 1 amide bonds. The third kappa shape index (κ3) is 1.71. The van der Waals surface area contributed by atoms with Crippen LogP contribution in [0.15, 0.2) is 30.3 Å². The highest BCUT2D eigenvalue weighted by atomic mass is 16.2. The van der Waals surface area contributed by atoms with Crippen LogP contribution in [0.2, 0.25) is 0 Å². The van der Waals surface area contributed by atoms with Gasteiger partial charge in [0.05, 0.1) is 6.04 Å². The van der Waals surface area contributed by atoms with Gasteiger partial charge < -0.3 is 4.90 Å². The fourth-order valence-corrected chi connectivity index (χ4v) is 2.44. The number of hydrogen-bond donors (Lipinski definition) is 1. The van der Waals surface area contributed by atoms with Crippen molar-refractivity contribution in [3.05, 3.63) is 35.9 Å². The number of hydrogen-bond acceptors (Lipinski definition) is 2. The molecule has 2 fully saturated rings. The molecule has 16 heavy (non-hydrogen) atoms. The van der Waals surface area contributed by atoms with Gasteiger partial charge in [0.1, 0.15) is 6.04 Å². The van der Waals surface area contributed by atoms with Gasteiger partial charge in [-0.2, -0.15) is 0 Å². The van der Waals surface area contributed by atoms with Crippen LogP contribution in [0.3, 0.4) is 0 Å². The van der Waals surface area contributed by atoms with E-state index >= 15 is 0 Å². The molecule has 1 aromatic rings. The molecule has 84 valence electrons. The number of carbonyl (C=O) groups excluding carboxylic acids is 1. The standard InChI is InChI=1S/C13H16N2O/c16-13(15-8-4-5-9-15)12-11(14-12)10-6-2-1-3-7-10/h1-3,6-7,11-12,14H,4-5,8-9H2/t11-,12-/m1/s1. The molecule has 3 heteroatoms. The van der Waals surface area contributed by atoms with Gasteiger partial charge >= 0.3 is 0 Å². The first kappa shape index (κ1) is 9.85. The highest BCUT2D eigenvalue weighted by molar-refractivity contribution is 5.86. The average Bonchev–Trinajstić information content (AvgIpc) is 2.95. The second-order valence-corrected chi connectivity index (χ2v) is 4.57. The van der Waals surface area contributed by atoms with E-state index in [0.29, 0.717) is 0 Å². The molecule has 2 aliphatic heterocycles. The van der Waals surface area contributed by atoms with Crippen LogP contribution in [0, 0.1) is 0 Å². The van der Waals surface area contributed by atoms with Crippen molar-refractivity contribution in [3.8, 4) is 0 Å². The van der Waals surface area contributed by atoms with Crippen molar-refractivity contribution < 1.29 is 4.79 Å². The van der Waals surface area contributed by atoms with Crippen LogP contribution in [0.1, 0.15) is 24.4 Å². The Morgan fingerprint density at radius 3 is 2.56 bits per heavy atom. The maximum Gasteiger partial charge on any atom is 0.241 e. The molecule has 2 aliphatic rings. The van der Waals surface area contributed by atoms with E-state index in [1.807, 2.05) is 23.1 Å². The first-order chi connectivity index (χ1) is 7.86. The molecular weight excluding hydrogens is 200 g/mol. The highest BCUT2D eigenvalue weighted by Gasteiger charge is 2.45. The van der Waals surface area contributed by atoms with Crippen molar-refractivity contribution in [1.29, 1.82) is 0 Å². The minimum Gasteiger partial charge on any atom is -0.341 e. The van der Waals surface area contributed by atoms with Gasteiger partial charge in [-0.25, -0.2) is 0 Å². The van der Waals surface area contributed by atoms with Gasteiger partial charge in [-0.15, -0.1) is 0 Å². The predicted octanol–water partition coefficient (Wildman–Crippen LogP) is 1.32. The van der Waals surface area contributed by atoms with Crippen molar-refractivity contribution >= 4 is 5.91 Å². The van der Waals surface area contributed by atoms with E-state index in [1.165, 1.54) is 5.56 Å². The lowest BCUT2D eigenvalue weighted by Crippen LogP contribution is -2.32. The molecule has 3 rings (SSSR count). The minimum atomic E-state index is 0.0282. The van der Waals surface area contributed by atoms with Crippen LogP contribution in [0.25, 0.3) is 0 Å². The van der Waals surface area contributed by atoms with E-state index in [1.54, 1.807) is 0 Å². The molecule has 0 aromatic heterocycles. The van der Waals surface area contributed by atoms with E-state index < -0.39 is 0 Å². The molecule has 0 radical (unpaired) electrons. The Kier molecular flexibility index (Phi) is 2.40. The molecule has 0 bridgehead atoms. The van der Waals surface area contributed by atoms with Crippen LogP contribution in [0.4, 0.5) is 0 Å². The van der Waals surface area contributed by atoms with Crippen LogP contribution in [0.5, 0.6) is 0 Å². The molecule has 2 atom stereocenters. The molecule has 0 saturated carbocycles. The molecule has 2 saturated heterocycles. The Morgan fingerprint density at radius 1 is 1.19 bits per heavy atom. The smallest absolute Gasteiger partial charge is 0.241 e. The zero-order valence-corrected chi connectivity index (χ0v) is 9.23. The molecule has 1 aromatic carbocycles. The number of likely N-dealkylation sites (tertiary alicyclic amines) is 1. The van der Waals surface area contributed by atoms with Crippen LogP contribution < -0.4 is 5.32 Å². The Balaban J connectivity index is 1.65. The van der Waals surface area contributed by atoms with Crippen molar-refractivity contribution in [3.63, 3.8) is 0 Å². The molecule has 2 heterocycles. The second-order valence-electron chi connectivity index (χ2n) is 4.57. The van der Waals surface area contributed by atoms with Gasteiger partial charge in [0, 0.05) is 13.1 Å². The molecular formula is C13H16N2O. The Hall–Kier alpha value is -1.35. The van der Waals surface area contributed by atoms with Gasteiger partial charge in [-0.3, -0.25) is 10.1 Å². The Bertz CT molecular complexity index is 384. The van der Waals surface area contributed by atoms with Gasteiger partial charge in [0.25, 0.3) is 0 Å². The number of carbonyl (C=O) groups is 1. The first-order valence-electron chi connectivity index (χ1n) is 5.96. The molecule has 1 N–H and O–H groups in total. The largest absolute Gasteiger partial charge is 0.341 e. The number of amides is 1. The van der Waals surface area contributed by atoms with Crippen LogP contribution in [-0.4, -0.2) is 29.9 Å². The second kappa shape index (κ2) is 3.91. The summed E-state index contributed by atoms with van der Waals surface area (Å²) in [5.74, 6) is 0.284. The zero-order chi connectivity index (χ0) is 11.0. The van der Waals surface area contributed by atoms with E-state index in [2.05, 4.69) is 17.4 Å². The Morgan fingerprint density at radius 2 is 1.88 bits per heavy atom. The summed E-state index contributed by atoms with van der Waals surface area (Å²) in [6.07, 6.45) is 2.32.